The molecule has 2 aliphatic carbocycles. The zero-order valence-electron chi connectivity index (χ0n) is 12.7. The summed E-state index contributed by atoms with van der Waals surface area (Å²) >= 11 is 1.27. The molecule has 6 N–H and O–H groups in total. The van der Waals surface area contributed by atoms with Gasteiger partial charge in [-0.3, -0.25) is 9.59 Å². The average molecular weight is 355 g/mol. The number of rotatable bonds is 6. The molecule has 0 spiro atoms. The van der Waals surface area contributed by atoms with Crippen LogP contribution in [0.5, 0.6) is 0 Å². The largest absolute Gasteiger partial charge is 0.481 e. The van der Waals surface area contributed by atoms with Crippen LogP contribution >= 0.6 is 11.8 Å². The molecule has 2 saturated carbocycles. The average Bonchev–Trinajstić information content (AvgIpc) is 2.90. The molecule has 2 fully saturated rings. The van der Waals surface area contributed by atoms with Gasteiger partial charge in [-0.05, 0) is 19.3 Å². The van der Waals surface area contributed by atoms with E-state index in [4.69, 9.17) is 5.73 Å². The van der Waals surface area contributed by atoms with Gasteiger partial charge in [0.25, 0.3) is 0 Å². The second kappa shape index (κ2) is 5.74. The first-order chi connectivity index (χ1) is 11.3. The van der Waals surface area contributed by atoms with Gasteiger partial charge < -0.3 is 21.3 Å². The number of nitrogens with one attached hydrogen (secondary N) is 2. The number of nitrogens with two attached hydrogens (primary N) is 1. The first kappa shape index (κ1) is 16.7. The van der Waals surface area contributed by atoms with Crippen LogP contribution in [0.3, 0.4) is 0 Å². The van der Waals surface area contributed by atoms with Crippen LogP contribution < -0.4 is 11.1 Å². The van der Waals surface area contributed by atoms with Gasteiger partial charge in [-0.2, -0.15) is 10.3 Å². The Hall–Kier alpha value is -2.14. The van der Waals surface area contributed by atoms with E-state index in [9.17, 15) is 24.6 Å². The minimum atomic E-state index is -1.63. The van der Waals surface area contributed by atoms with Crippen molar-refractivity contribution in [3.05, 3.63) is 6.20 Å². The van der Waals surface area contributed by atoms with Gasteiger partial charge in [-0.25, -0.2) is 4.79 Å². The second-order valence-corrected chi connectivity index (χ2v) is 7.45. The summed E-state index contributed by atoms with van der Waals surface area (Å²) in [5, 5.41) is 31.9. The fourth-order valence-corrected chi connectivity index (χ4v) is 4.97. The van der Waals surface area contributed by atoms with E-state index in [1.54, 1.807) is 0 Å². The summed E-state index contributed by atoms with van der Waals surface area (Å²) in [4.78, 5) is 35.4. The molecule has 11 heteroatoms. The Morgan fingerprint density at radius 1 is 1.50 bits per heavy atom. The highest BCUT2D eigenvalue weighted by Crippen LogP contribution is 2.65. The predicted octanol–water partition coefficient (Wildman–Crippen LogP) is -1.10. The normalized spacial score (nSPS) is 35.1. The summed E-state index contributed by atoms with van der Waals surface area (Å²) in [7, 11) is 0. The molecule has 0 aliphatic heterocycles. The Kier molecular flexibility index (Phi) is 4.00. The van der Waals surface area contributed by atoms with Crippen LogP contribution in [0.4, 0.5) is 0 Å². The molecule has 0 bridgehead atoms. The number of aromatic amines is 1. The number of hydrogen-bond donors (Lipinski definition) is 5. The van der Waals surface area contributed by atoms with E-state index in [1.807, 2.05) is 0 Å². The van der Waals surface area contributed by atoms with Crippen molar-refractivity contribution in [2.24, 2.45) is 23.5 Å². The third kappa shape index (κ3) is 2.53. The van der Waals surface area contributed by atoms with Gasteiger partial charge in [-0.1, -0.05) is 11.8 Å². The van der Waals surface area contributed by atoms with Crippen LogP contribution in [0.2, 0.25) is 0 Å². The molecule has 10 nitrogen and oxygen atoms in total. The van der Waals surface area contributed by atoms with E-state index >= 15 is 0 Å². The highest BCUT2D eigenvalue weighted by Gasteiger charge is 2.75. The third-order valence-electron chi connectivity index (χ3n) is 4.69. The maximum atomic E-state index is 12.0. The summed E-state index contributed by atoms with van der Waals surface area (Å²) in [5.41, 5.74) is 3.90. The molecule has 3 rings (SSSR count). The lowest BCUT2D eigenvalue weighted by Crippen LogP contribution is -2.59. The van der Waals surface area contributed by atoms with Crippen molar-refractivity contribution < 1.29 is 24.6 Å². The molecule has 1 aromatic rings. The van der Waals surface area contributed by atoms with Crippen LogP contribution in [0.1, 0.15) is 13.3 Å². The number of thioether (sulfide) groups is 1. The van der Waals surface area contributed by atoms with Crippen molar-refractivity contribution in [2.45, 2.75) is 35.2 Å². The monoisotopic (exact) mass is 355 g/mol. The fraction of sp³-hybridized carbons (Fsp3) is 0.615. The Bertz CT molecular complexity index is 680. The molecule has 24 heavy (non-hydrogen) atoms. The molecule has 6 atom stereocenters. The molecular formula is C13H17N5O5S. The maximum absolute atomic E-state index is 12.0. The standard InChI is InChI=1S/C13H17N5O5S/c1-4(14)10(19)16-13(12(22)23)2-5(24-6-3-15-18-17-6)7-8(9(7)13)11(20)21/h3-5,7-9H,2,14H2,1H3,(H,16,19)(H,20,21)(H,22,23)(H,15,17,18)/t4-,5+,7-,8-,9-,13-/m0/s1. The summed E-state index contributed by atoms with van der Waals surface area (Å²) < 4.78 is 0. The summed E-state index contributed by atoms with van der Waals surface area (Å²) in [6, 6.07) is -0.885. The van der Waals surface area contributed by atoms with Crippen LogP contribution in [-0.4, -0.2) is 60.3 Å². The number of carbonyl (C=O) groups is 3. The van der Waals surface area contributed by atoms with Crippen molar-refractivity contribution in [1.82, 2.24) is 20.7 Å². The second-order valence-electron chi connectivity index (χ2n) is 6.19. The van der Waals surface area contributed by atoms with Crippen LogP contribution in [-0.2, 0) is 14.4 Å². The highest BCUT2D eigenvalue weighted by molar-refractivity contribution is 7.99. The number of nitrogens with zero attached hydrogens (tertiary/aromatic N) is 2. The number of fused-ring (bicyclic) bond motifs is 1. The molecule has 0 aromatic carbocycles. The van der Waals surface area contributed by atoms with E-state index in [-0.39, 0.29) is 17.6 Å². The number of amides is 1. The lowest BCUT2D eigenvalue weighted by Gasteiger charge is -2.30. The van der Waals surface area contributed by atoms with Crippen molar-refractivity contribution in [2.75, 3.05) is 0 Å². The Balaban J connectivity index is 1.90. The minimum Gasteiger partial charge on any atom is -0.481 e. The molecule has 2 aliphatic rings. The van der Waals surface area contributed by atoms with E-state index in [1.165, 1.54) is 24.9 Å². The van der Waals surface area contributed by atoms with Crippen LogP contribution in [0.15, 0.2) is 11.2 Å². The summed E-state index contributed by atoms with van der Waals surface area (Å²) in [6.07, 6.45) is 1.59. The van der Waals surface area contributed by atoms with E-state index in [0.717, 1.165) is 0 Å². The Morgan fingerprint density at radius 2 is 2.21 bits per heavy atom. The van der Waals surface area contributed by atoms with Gasteiger partial charge in [0.1, 0.15) is 10.6 Å². The smallest absolute Gasteiger partial charge is 0.329 e. The van der Waals surface area contributed by atoms with Crippen LogP contribution in [0, 0.1) is 17.8 Å². The lowest BCUT2D eigenvalue weighted by atomic mass is 9.89. The van der Waals surface area contributed by atoms with E-state index < -0.39 is 41.3 Å². The molecule has 1 heterocycles. The number of carboxylic acids is 2. The summed E-state index contributed by atoms with van der Waals surface area (Å²) in [5.74, 6) is -4.74. The quantitative estimate of drug-likeness (QED) is 0.425. The molecule has 0 unspecified atom stereocenters. The molecule has 0 radical (unpaired) electrons. The number of aliphatic carboxylic acids is 2. The maximum Gasteiger partial charge on any atom is 0.329 e. The zero-order valence-corrected chi connectivity index (χ0v) is 13.5. The number of aromatic nitrogens is 3. The van der Waals surface area contributed by atoms with Crippen molar-refractivity contribution in [3.63, 3.8) is 0 Å². The first-order valence-corrected chi connectivity index (χ1v) is 8.22. The first-order valence-electron chi connectivity index (χ1n) is 7.34. The van der Waals surface area contributed by atoms with Crippen LogP contribution in [0.25, 0.3) is 0 Å². The van der Waals surface area contributed by atoms with Crippen molar-refractivity contribution in [3.8, 4) is 0 Å². The SMILES string of the molecule is C[C@H](N)C(=O)N[C@@]1(C(=O)O)C[C@@H](Sc2cn[nH]n2)[C@H]2[C@H](C(=O)O)[C@H]21. The number of H-pyrrole nitrogens is 1. The van der Waals surface area contributed by atoms with Gasteiger partial charge in [0.15, 0.2) is 0 Å². The summed E-state index contributed by atoms with van der Waals surface area (Å²) in [6.45, 7) is 1.44. The number of carboxylic acid groups (broad SMARTS) is 2. The topological polar surface area (TPSA) is 171 Å². The van der Waals surface area contributed by atoms with Gasteiger partial charge in [-0.15, -0.1) is 5.10 Å². The predicted molar refractivity (Wildman–Crippen MR) is 80.9 cm³/mol. The number of carbonyl (C=O) groups excluding carboxylic acids is 1. The lowest BCUT2D eigenvalue weighted by molar-refractivity contribution is -0.149. The molecule has 130 valence electrons. The van der Waals surface area contributed by atoms with Gasteiger partial charge in [0.2, 0.25) is 5.91 Å². The Labute approximate surface area is 140 Å². The molecule has 0 saturated heterocycles. The zero-order chi connectivity index (χ0) is 17.6. The minimum absolute atomic E-state index is 0.109. The van der Waals surface area contributed by atoms with Crippen molar-refractivity contribution in [1.29, 1.82) is 0 Å². The van der Waals surface area contributed by atoms with Gasteiger partial charge >= 0.3 is 11.9 Å². The molecular weight excluding hydrogens is 338 g/mol. The Morgan fingerprint density at radius 3 is 2.71 bits per heavy atom. The molecule has 1 amide bonds. The fourth-order valence-electron chi connectivity index (χ4n) is 3.61. The number of hydrogen-bond acceptors (Lipinski definition) is 7. The van der Waals surface area contributed by atoms with Crippen molar-refractivity contribution >= 4 is 29.6 Å². The highest BCUT2D eigenvalue weighted by atomic mass is 32.2. The third-order valence-corrected chi connectivity index (χ3v) is 5.91. The van der Waals surface area contributed by atoms with E-state index in [2.05, 4.69) is 20.7 Å². The van der Waals surface area contributed by atoms with Gasteiger partial charge in [0.05, 0.1) is 18.2 Å². The molecule has 1 aromatic heterocycles. The van der Waals surface area contributed by atoms with E-state index in [0.29, 0.717) is 5.03 Å². The van der Waals surface area contributed by atoms with Gasteiger partial charge in [0, 0.05) is 11.2 Å².